The Morgan fingerprint density at radius 1 is 1.23 bits per heavy atom. The lowest BCUT2D eigenvalue weighted by Crippen LogP contribution is -2.34. The summed E-state index contributed by atoms with van der Waals surface area (Å²) in [4.78, 5) is 13.3. The molecule has 0 saturated heterocycles. The van der Waals surface area contributed by atoms with Crippen LogP contribution in [0.5, 0.6) is 5.75 Å². The number of aryl methyl sites for hydroxylation is 1. The Kier molecular flexibility index (Phi) is 6.52. The highest BCUT2D eigenvalue weighted by Crippen LogP contribution is 2.31. The van der Waals surface area contributed by atoms with Crippen LogP contribution in [0, 0.1) is 6.92 Å². The second-order valence-electron chi connectivity index (χ2n) is 7.05. The number of aliphatic hydroxyl groups is 1. The molecular weight excluding hydrogens is 428 g/mol. The number of methoxy groups -OCH3 is 1. The number of hydrogen-bond acceptors (Lipinski definition) is 5. The third-order valence-electron chi connectivity index (χ3n) is 4.85. The molecule has 2 aromatic carbocycles. The van der Waals surface area contributed by atoms with Crippen molar-refractivity contribution < 1.29 is 23.1 Å². The molecular formula is C21H23ClN2O5S. The van der Waals surface area contributed by atoms with E-state index in [1.165, 1.54) is 0 Å². The van der Waals surface area contributed by atoms with Crippen molar-refractivity contribution in [3.8, 4) is 5.75 Å². The summed E-state index contributed by atoms with van der Waals surface area (Å²) >= 11 is 5.95. The van der Waals surface area contributed by atoms with Crippen LogP contribution >= 0.6 is 11.6 Å². The maximum Gasteiger partial charge on any atom is 0.262 e. The summed E-state index contributed by atoms with van der Waals surface area (Å²) in [6.07, 6.45) is 0.113. The van der Waals surface area contributed by atoms with Crippen LogP contribution in [0.4, 0.5) is 0 Å². The van der Waals surface area contributed by atoms with E-state index in [2.05, 4.69) is 4.72 Å². The summed E-state index contributed by atoms with van der Waals surface area (Å²) in [5, 5.41) is 11.4. The second-order valence-corrected chi connectivity index (χ2v) is 9.26. The molecule has 0 fully saturated rings. The van der Waals surface area contributed by atoms with Gasteiger partial charge in [0.2, 0.25) is 10.0 Å². The number of rotatable bonds is 7. The van der Waals surface area contributed by atoms with Gasteiger partial charge in [-0.3, -0.25) is 9.36 Å². The Balaban J connectivity index is 2.07. The van der Waals surface area contributed by atoms with Crippen LogP contribution in [0.15, 0.2) is 42.5 Å². The van der Waals surface area contributed by atoms with Crippen LogP contribution in [0.1, 0.15) is 28.0 Å². The van der Waals surface area contributed by atoms with Crippen molar-refractivity contribution in [3.63, 3.8) is 0 Å². The monoisotopic (exact) mass is 450 g/mol. The fourth-order valence-electron chi connectivity index (χ4n) is 3.44. The van der Waals surface area contributed by atoms with Crippen molar-refractivity contribution >= 4 is 38.4 Å². The highest BCUT2D eigenvalue weighted by atomic mass is 35.5. The quantitative estimate of drug-likeness (QED) is 0.539. The molecule has 3 aromatic rings. The lowest BCUT2D eigenvalue weighted by Gasteiger charge is -2.14. The minimum absolute atomic E-state index is 0.106. The molecule has 9 heteroatoms. The molecule has 3 rings (SSSR count). The summed E-state index contributed by atoms with van der Waals surface area (Å²) in [5.74, 6) is 0.419. The Morgan fingerprint density at radius 2 is 1.90 bits per heavy atom. The van der Waals surface area contributed by atoms with Crippen LogP contribution < -0.4 is 9.46 Å². The lowest BCUT2D eigenvalue weighted by molar-refractivity contribution is 0.0959. The molecule has 7 nitrogen and oxygen atoms in total. The van der Waals surface area contributed by atoms with Crippen molar-refractivity contribution in [3.05, 3.63) is 64.3 Å². The van der Waals surface area contributed by atoms with Gasteiger partial charge in [0, 0.05) is 21.7 Å². The number of aromatic nitrogens is 1. The molecule has 0 aliphatic rings. The molecule has 0 spiro atoms. The normalized spacial score (nSPS) is 12.8. The standard InChI is InChI=1S/C21H23ClN2O5S/c1-13-17-12-16(29-2)8-9-19(17)24(21(26)14-4-6-15(22)7-5-14)18(13)10-11-20(25)23-30(3,27)28/h4-9,12,20,23,25H,10-11H2,1-3H3. The summed E-state index contributed by atoms with van der Waals surface area (Å²) in [7, 11) is -1.98. The van der Waals surface area contributed by atoms with Gasteiger partial charge >= 0.3 is 0 Å². The van der Waals surface area contributed by atoms with Gasteiger partial charge in [0.1, 0.15) is 12.0 Å². The van der Waals surface area contributed by atoms with Gasteiger partial charge in [-0.15, -0.1) is 0 Å². The van der Waals surface area contributed by atoms with Crippen molar-refractivity contribution in [2.24, 2.45) is 0 Å². The van der Waals surface area contributed by atoms with E-state index in [9.17, 15) is 18.3 Å². The minimum Gasteiger partial charge on any atom is -0.497 e. The Hall–Kier alpha value is -2.39. The van der Waals surface area contributed by atoms with Gasteiger partial charge in [0.15, 0.2) is 0 Å². The van der Waals surface area contributed by atoms with E-state index in [0.717, 1.165) is 17.2 Å². The highest BCUT2D eigenvalue weighted by molar-refractivity contribution is 7.88. The molecule has 0 aliphatic carbocycles. The van der Waals surface area contributed by atoms with Crippen LogP contribution in [-0.2, 0) is 16.4 Å². The zero-order valence-corrected chi connectivity index (χ0v) is 18.4. The average molecular weight is 451 g/mol. The van der Waals surface area contributed by atoms with E-state index in [4.69, 9.17) is 16.3 Å². The average Bonchev–Trinajstić information content (AvgIpc) is 2.96. The first-order valence-electron chi connectivity index (χ1n) is 9.24. The number of nitrogens with zero attached hydrogens (tertiary/aromatic N) is 1. The number of nitrogens with one attached hydrogen (secondary N) is 1. The molecule has 1 heterocycles. The molecule has 0 aliphatic heterocycles. The molecule has 2 N–H and O–H groups in total. The van der Waals surface area contributed by atoms with Gasteiger partial charge in [-0.05, 0) is 67.8 Å². The molecule has 30 heavy (non-hydrogen) atoms. The minimum atomic E-state index is -3.55. The van der Waals surface area contributed by atoms with E-state index >= 15 is 0 Å². The first-order valence-corrected chi connectivity index (χ1v) is 11.5. The van der Waals surface area contributed by atoms with Crippen LogP contribution in [0.2, 0.25) is 5.02 Å². The van der Waals surface area contributed by atoms with E-state index in [-0.39, 0.29) is 18.7 Å². The summed E-state index contributed by atoms with van der Waals surface area (Å²) < 4.78 is 31.8. The van der Waals surface area contributed by atoms with Gasteiger partial charge < -0.3 is 9.84 Å². The van der Waals surface area contributed by atoms with Gasteiger partial charge in [0.05, 0.1) is 18.9 Å². The van der Waals surface area contributed by atoms with Crippen molar-refractivity contribution in [2.45, 2.75) is 26.0 Å². The number of aliphatic hydroxyl groups excluding tert-OH is 1. The number of sulfonamides is 1. The molecule has 0 saturated carbocycles. The van der Waals surface area contributed by atoms with E-state index in [1.54, 1.807) is 42.0 Å². The zero-order chi connectivity index (χ0) is 22.1. The predicted octanol–water partition coefficient (Wildman–Crippen LogP) is 3.10. The van der Waals surface area contributed by atoms with Gasteiger partial charge in [-0.25, -0.2) is 8.42 Å². The maximum absolute atomic E-state index is 13.3. The van der Waals surface area contributed by atoms with E-state index < -0.39 is 16.3 Å². The highest BCUT2D eigenvalue weighted by Gasteiger charge is 2.22. The number of halogens is 1. The smallest absolute Gasteiger partial charge is 0.262 e. The molecule has 0 amide bonds. The van der Waals surface area contributed by atoms with Crippen molar-refractivity contribution in [1.82, 2.24) is 9.29 Å². The fraction of sp³-hybridized carbons (Fsp3) is 0.286. The Morgan fingerprint density at radius 3 is 2.50 bits per heavy atom. The van der Waals surface area contributed by atoms with Gasteiger partial charge in [-0.1, -0.05) is 11.6 Å². The van der Waals surface area contributed by atoms with E-state index in [1.807, 2.05) is 19.1 Å². The predicted molar refractivity (Wildman–Crippen MR) is 117 cm³/mol. The fourth-order valence-corrected chi connectivity index (χ4v) is 4.18. The second kappa shape index (κ2) is 8.77. The Bertz CT molecular complexity index is 1190. The van der Waals surface area contributed by atoms with Crippen molar-refractivity contribution in [2.75, 3.05) is 13.4 Å². The first-order chi connectivity index (χ1) is 14.1. The van der Waals surface area contributed by atoms with E-state index in [0.29, 0.717) is 27.5 Å². The number of ether oxygens (including phenoxy) is 1. The third-order valence-corrected chi connectivity index (χ3v) is 5.80. The SMILES string of the molecule is COc1ccc2c(c1)c(C)c(CCC(O)NS(C)(=O)=O)n2C(=O)c1ccc(Cl)cc1. The number of carbonyl (C=O) groups excluding carboxylic acids is 1. The first kappa shape index (κ1) is 22.3. The maximum atomic E-state index is 13.3. The summed E-state index contributed by atoms with van der Waals surface area (Å²) in [6, 6.07) is 12.0. The number of hydrogen-bond donors (Lipinski definition) is 2. The zero-order valence-electron chi connectivity index (χ0n) is 16.8. The molecule has 1 atom stereocenters. The topological polar surface area (TPSA) is 97.6 Å². The van der Waals surface area contributed by atoms with Crippen LogP contribution in [0.3, 0.4) is 0 Å². The lowest BCUT2D eigenvalue weighted by atomic mass is 10.1. The van der Waals surface area contributed by atoms with Crippen LogP contribution in [0.25, 0.3) is 10.9 Å². The molecule has 0 radical (unpaired) electrons. The molecule has 1 unspecified atom stereocenters. The number of fused-ring (bicyclic) bond motifs is 1. The Labute approximate surface area is 180 Å². The van der Waals surface area contributed by atoms with Gasteiger partial charge in [-0.2, -0.15) is 4.72 Å². The van der Waals surface area contributed by atoms with Crippen LogP contribution in [-0.4, -0.2) is 43.6 Å². The summed E-state index contributed by atoms with van der Waals surface area (Å²) in [5.41, 5.74) is 2.71. The number of carbonyl (C=O) groups is 1. The van der Waals surface area contributed by atoms with Gasteiger partial charge in [0.25, 0.3) is 5.91 Å². The molecule has 0 bridgehead atoms. The largest absolute Gasteiger partial charge is 0.497 e. The van der Waals surface area contributed by atoms with Crippen molar-refractivity contribution in [1.29, 1.82) is 0 Å². The number of benzene rings is 2. The summed E-state index contributed by atoms with van der Waals surface area (Å²) in [6.45, 7) is 1.89. The third kappa shape index (κ3) is 4.84. The molecule has 1 aromatic heterocycles. The molecule has 160 valence electrons.